The number of carbonyl (C=O) groups excluding carboxylic acids is 1. The van der Waals surface area contributed by atoms with Gasteiger partial charge in [0.05, 0.1) is 5.02 Å². The smallest absolute Gasteiger partial charge is 0.407 e. The third-order valence-electron chi connectivity index (χ3n) is 2.54. The van der Waals surface area contributed by atoms with Gasteiger partial charge in [-0.1, -0.05) is 17.7 Å². The van der Waals surface area contributed by atoms with Gasteiger partial charge < -0.3 is 25.4 Å². The van der Waals surface area contributed by atoms with Gasteiger partial charge in [0.15, 0.2) is 0 Å². The number of hydrogen-bond donors (Lipinski definition) is 4. The standard InChI is InChI=1S/C14H20ClNO5/c1-14(2,3)21-13(20)16-7-10(18)12(19)11-8(15)5-4-6-9(11)17/h4-6,10,12,17-19H,7H2,1-3H3,(H,16,20). The summed E-state index contributed by atoms with van der Waals surface area (Å²) in [6.45, 7) is 4.87. The van der Waals surface area contributed by atoms with E-state index in [1.54, 1.807) is 20.8 Å². The molecule has 0 aliphatic carbocycles. The molecular formula is C14H20ClNO5. The first-order chi connectivity index (χ1) is 9.61. The predicted octanol–water partition coefficient (Wildman–Crippen LogP) is 1.96. The molecule has 4 N–H and O–H groups in total. The summed E-state index contributed by atoms with van der Waals surface area (Å²) in [4.78, 5) is 11.5. The minimum atomic E-state index is -1.44. The number of nitrogens with one attached hydrogen (secondary N) is 1. The zero-order valence-electron chi connectivity index (χ0n) is 12.1. The SMILES string of the molecule is CC(C)(C)OC(=O)NCC(O)C(O)c1c(O)cccc1Cl. The van der Waals surface area contributed by atoms with Crippen LogP contribution in [0.3, 0.4) is 0 Å². The van der Waals surface area contributed by atoms with Crippen molar-refractivity contribution in [1.82, 2.24) is 5.32 Å². The molecule has 2 atom stereocenters. The third kappa shape index (κ3) is 5.41. The van der Waals surface area contributed by atoms with E-state index in [2.05, 4.69) is 5.32 Å². The van der Waals surface area contributed by atoms with Gasteiger partial charge in [0.1, 0.15) is 23.6 Å². The molecular weight excluding hydrogens is 298 g/mol. The van der Waals surface area contributed by atoms with E-state index in [0.717, 1.165) is 0 Å². The lowest BCUT2D eigenvalue weighted by Crippen LogP contribution is -2.38. The zero-order chi connectivity index (χ0) is 16.2. The van der Waals surface area contributed by atoms with Crippen molar-refractivity contribution >= 4 is 17.7 Å². The first-order valence-electron chi connectivity index (χ1n) is 6.42. The molecule has 1 rings (SSSR count). The number of alkyl carbamates (subject to hydrolysis) is 1. The Kier molecular flexibility index (Phi) is 5.83. The molecule has 0 aromatic heterocycles. The normalized spacial score (nSPS) is 14.4. The summed E-state index contributed by atoms with van der Waals surface area (Å²) >= 11 is 5.88. The van der Waals surface area contributed by atoms with E-state index < -0.39 is 23.9 Å². The topological polar surface area (TPSA) is 99.0 Å². The van der Waals surface area contributed by atoms with Crippen molar-refractivity contribution < 1.29 is 24.9 Å². The molecule has 0 bridgehead atoms. The second-order valence-corrected chi connectivity index (χ2v) is 5.97. The Morgan fingerprint density at radius 2 is 2.00 bits per heavy atom. The number of carbonyl (C=O) groups is 1. The maximum absolute atomic E-state index is 11.5. The molecule has 0 saturated carbocycles. The first-order valence-corrected chi connectivity index (χ1v) is 6.80. The fourth-order valence-electron chi connectivity index (χ4n) is 1.62. The Morgan fingerprint density at radius 3 is 2.52 bits per heavy atom. The van der Waals surface area contributed by atoms with Crippen LogP contribution in [0.4, 0.5) is 4.79 Å². The summed E-state index contributed by atoms with van der Waals surface area (Å²) in [7, 11) is 0. The molecule has 0 heterocycles. The second-order valence-electron chi connectivity index (χ2n) is 5.57. The lowest BCUT2D eigenvalue weighted by atomic mass is 10.0. The number of aliphatic hydroxyl groups is 2. The van der Waals surface area contributed by atoms with Gasteiger partial charge in [-0.3, -0.25) is 0 Å². The number of rotatable bonds is 4. The molecule has 0 saturated heterocycles. The maximum Gasteiger partial charge on any atom is 0.407 e. The molecule has 2 unspecified atom stereocenters. The quantitative estimate of drug-likeness (QED) is 0.680. The molecule has 0 aliphatic heterocycles. The lowest BCUT2D eigenvalue weighted by Gasteiger charge is -2.23. The first kappa shape index (κ1) is 17.6. The summed E-state index contributed by atoms with van der Waals surface area (Å²) in [6, 6.07) is 4.34. The molecule has 21 heavy (non-hydrogen) atoms. The summed E-state index contributed by atoms with van der Waals surface area (Å²) in [5.74, 6) is -0.230. The van der Waals surface area contributed by atoms with E-state index in [4.69, 9.17) is 16.3 Å². The van der Waals surface area contributed by atoms with E-state index in [1.165, 1.54) is 18.2 Å². The van der Waals surface area contributed by atoms with Gasteiger partial charge in [0.2, 0.25) is 0 Å². The van der Waals surface area contributed by atoms with Gasteiger partial charge in [0, 0.05) is 12.1 Å². The number of aromatic hydroxyl groups is 1. The van der Waals surface area contributed by atoms with Crippen LogP contribution in [0.25, 0.3) is 0 Å². The van der Waals surface area contributed by atoms with Crippen LogP contribution < -0.4 is 5.32 Å². The molecule has 0 spiro atoms. The Labute approximate surface area is 128 Å². The van der Waals surface area contributed by atoms with Crippen molar-refractivity contribution in [3.63, 3.8) is 0 Å². The highest BCUT2D eigenvalue weighted by molar-refractivity contribution is 6.31. The highest BCUT2D eigenvalue weighted by Gasteiger charge is 2.25. The average Bonchev–Trinajstić information content (AvgIpc) is 2.33. The Bertz CT molecular complexity index is 480. The molecule has 1 amide bonds. The minimum Gasteiger partial charge on any atom is -0.508 e. The van der Waals surface area contributed by atoms with Crippen LogP contribution in [0, 0.1) is 0 Å². The largest absolute Gasteiger partial charge is 0.508 e. The number of aliphatic hydroxyl groups excluding tert-OH is 2. The van der Waals surface area contributed by atoms with E-state index in [-0.39, 0.29) is 22.9 Å². The number of benzene rings is 1. The van der Waals surface area contributed by atoms with E-state index in [1.807, 2.05) is 0 Å². The third-order valence-corrected chi connectivity index (χ3v) is 2.87. The maximum atomic E-state index is 11.5. The highest BCUT2D eigenvalue weighted by atomic mass is 35.5. The monoisotopic (exact) mass is 317 g/mol. The van der Waals surface area contributed by atoms with Crippen LogP contribution in [0.2, 0.25) is 5.02 Å². The number of halogens is 1. The van der Waals surface area contributed by atoms with E-state index in [0.29, 0.717) is 0 Å². The van der Waals surface area contributed by atoms with Gasteiger partial charge in [-0.2, -0.15) is 0 Å². The molecule has 0 aliphatic rings. The van der Waals surface area contributed by atoms with Crippen LogP contribution in [-0.4, -0.2) is 39.7 Å². The summed E-state index contributed by atoms with van der Waals surface area (Å²) in [6.07, 6.45) is -3.49. The molecule has 6 nitrogen and oxygen atoms in total. The van der Waals surface area contributed by atoms with Gasteiger partial charge in [-0.25, -0.2) is 4.79 Å². The number of phenols is 1. The predicted molar refractivity (Wildman–Crippen MR) is 78.3 cm³/mol. The minimum absolute atomic E-state index is 0.0117. The summed E-state index contributed by atoms with van der Waals surface area (Å²) in [5, 5.41) is 32.0. The van der Waals surface area contributed by atoms with Crippen molar-refractivity contribution in [3.8, 4) is 5.75 Å². The van der Waals surface area contributed by atoms with E-state index >= 15 is 0 Å². The van der Waals surface area contributed by atoms with Crippen LogP contribution in [-0.2, 0) is 4.74 Å². The highest BCUT2D eigenvalue weighted by Crippen LogP contribution is 2.32. The number of phenolic OH excluding ortho intramolecular Hbond substituents is 1. The van der Waals surface area contributed by atoms with Crippen LogP contribution >= 0.6 is 11.6 Å². The lowest BCUT2D eigenvalue weighted by molar-refractivity contribution is 0.0120. The van der Waals surface area contributed by atoms with Gasteiger partial charge in [0.25, 0.3) is 0 Å². The van der Waals surface area contributed by atoms with Crippen LogP contribution in [0.1, 0.15) is 32.4 Å². The fraction of sp³-hybridized carbons (Fsp3) is 0.500. The van der Waals surface area contributed by atoms with E-state index in [9.17, 15) is 20.1 Å². The Hall–Kier alpha value is -1.50. The molecule has 1 aromatic carbocycles. The molecule has 7 heteroatoms. The van der Waals surface area contributed by atoms with Crippen LogP contribution in [0.15, 0.2) is 18.2 Å². The molecule has 1 aromatic rings. The van der Waals surface area contributed by atoms with Crippen LogP contribution in [0.5, 0.6) is 5.75 Å². The van der Waals surface area contributed by atoms with Crippen molar-refractivity contribution in [2.45, 2.75) is 38.6 Å². The Morgan fingerprint density at radius 1 is 1.38 bits per heavy atom. The molecule has 0 fully saturated rings. The molecule has 0 radical (unpaired) electrons. The van der Waals surface area contributed by atoms with Gasteiger partial charge in [-0.05, 0) is 32.9 Å². The summed E-state index contributed by atoms with van der Waals surface area (Å²) < 4.78 is 5.00. The van der Waals surface area contributed by atoms with Crippen molar-refractivity contribution in [1.29, 1.82) is 0 Å². The summed E-state index contributed by atoms with van der Waals surface area (Å²) in [5.41, 5.74) is -0.646. The fourth-order valence-corrected chi connectivity index (χ4v) is 1.91. The van der Waals surface area contributed by atoms with Gasteiger partial charge >= 0.3 is 6.09 Å². The molecule has 118 valence electrons. The van der Waals surface area contributed by atoms with Crippen molar-refractivity contribution in [2.24, 2.45) is 0 Å². The van der Waals surface area contributed by atoms with Crippen molar-refractivity contribution in [2.75, 3.05) is 6.54 Å². The number of hydrogen-bond acceptors (Lipinski definition) is 5. The number of amides is 1. The second kappa shape index (κ2) is 6.98. The van der Waals surface area contributed by atoms with Crippen molar-refractivity contribution in [3.05, 3.63) is 28.8 Å². The Balaban J connectivity index is 2.63. The number of ether oxygens (including phenoxy) is 1. The zero-order valence-corrected chi connectivity index (χ0v) is 12.9. The average molecular weight is 318 g/mol. The van der Waals surface area contributed by atoms with Gasteiger partial charge in [-0.15, -0.1) is 0 Å².